The van der Waals surface area contributed by atoms with Gasteiger partial charge in [-0.15, -0.1) is 0 Å². The first-order valence-corrected chi connectivity index (χ1v) is 6.41. The Morgan fingerprint density at radius 2 is 2.06 bits per heavy atom. The summed E-state index contributed by atoms with van der Waals surface area (Å²) in [5.41, 5.74) is 2.66. The lowest BCUT2D eigenvalue weighted by Gasteiger charge is -2.20. The number of hydrogen-bond acceptors (Lipinski definition) is 1. The highest BCUT2D eigenvalue weighted by atomic mass is 14.8. The second-order valence-corrected chi connectivity index (χ2v) is 5.17. The van der Waals surface area contributed by atoms with Crippen molar-refractivity contribution in [1.29, 1.82) is 0 Å². The van der Waals surface area contributed by atoms with Crippen molar-refractivity contribution >= 4 is 10.9 Å². The van der Waals surface area contributed by atoms with Gasteiger partial charge in [-0.25, -0.2) is 0 Å². The van der Waals surface area contributed by atoms with E-state index >= 15 is 0 Å². The van der Waals surface area contributed by atoms with Gasteiger partial charge in [0.1, 0.15) is 0 Å². The Morgan fingerprint density at radius 3 is 2.76 bits per heavy atom. The molecule has 0 aliphatic rings. The van der Waals surface area contributed by atoms with Gasteiger partial charge in [0.05, 0.1) is 0 Å². The molecule has 0 saturated heterocycles. The van der Waals surface area contributed by atoms with Crippen LogP contribution in [0.15, 0.2) is 30.5 Å². The third kappa shape index (κ3) is 2.89. The molecule has 0 spiro atoms. The molecule has 1 aromatic heterocycles. The predicted octanol–water partition coefficient (Wildman–Crippen LogP) is 3.20. The summed E-state index contributed by atoms with van der Waals surface area (Å²) in [6, 6.07) is 8.86. The minimum Gasteiger partial charge on any atom is -0.361 e. The molecule has 0 aliphatic carbocycles. The zero-order valence-electron chi connectivity index (χ0n) is 11.0. The summed E-state index contributed by atoms with van der Waals surface area (Å²) in [6.07, 6.45) is 3.15. The average Bonchev–Trinajstić information content (AvgIpc) is 2.75. The van der Waals surface area contributed by atoms with E-state index in [0.717, 1.165) is 13.0 Å². The van der Waals surface area contributed by atoms with Crippen molar-refractivity contribution in [2.45, 2.75) is 20.3 Å². The Balaban J connectivity index is 2.15. The number of nitrogens with one attached hydrogen (secondary N) is 2. The molecule has 1 unspecified atom stereocenters. The normalized spacial score (nSPS) is 13.4. The fourth-order valence-electron chi connectivity index (χ4n) is 2.34. The Morgan fingerprint density at radius 1 is 1.24 bits per heavy atom. The Hall–Kier alpha value is -1.28. The first-order chi connectivity index (χ1) is 8.20. The summed E-state index contributed by atoms with van der Waals surface area (Å²) in [6.45, 7) is 5.69. The molecular formula is C15H22N2. The van der Waals surface area contributed by atoms with E-state index in [4.69, 9.17) is 0 Å². The van der Waals surface area contributed by atoms with Crippen LogP contribution < -0.4 is 5.32 Å². The van der Waals surface area contributed by atoms with E-state index in [-0.39, 0.29) is 0 Å². The number of H-pyrrole nitrogens is 1. The summed E-state index contributed by atoms with van der Waals surface area (Å²) >= 11 is 0. The van der Waals surface area contributed by atoms with E-state index in [1.165, 1.54) is 16.5 Å². The van der Waals surface area contributed by atoms with Crippen molar-refractivity contribution in [1.82, 2.24) is 10.3 Å². The molecule has 2 N–H and O–H groups in total. The van der Waals surface area contributed by atoms with Crippen LogP contribution in [0, 0.1) is 11.8 Å². The average molecular weight is 230 g/mol. The molecule has 0 bridgehead atoms. The number of aromatic amines is 1. The van der Waals surface area contributed by atoms with Crippen LogP contribution >= 0.6 is 0 Å². The zero-order chi connectivity index (χ0) is 12.3. The van der Waals surface area contributed by atoms with Crippen molar-refractivity contribution in [3.05, 3.63) is 36.0 Å². The highest BCUT2D eigenvalue weighted by Gasteiger charge is 2.13. The van der Waals surface area contributed by atoms with Crippen molar-refractivity contribution in [2.24, 2.45) is 11.8 Å². The number of fused-ring (bicyclic) bond motifs is 1. The summed E-state index contributed by atoms with van der Waals surface area (Å²) in [4.78, 5) is 3.24. The third-order valence-corrected chi connectivity index (χ3v) is 3.52. The van der Waals surface area contributed by atoms with Crippen molar-refractivity contribution in [3.63, 3.8) is 0 Å². The maximum Gasteiger partial charge on any atom is 0.0454 e. The van der Waals surface area contributed by atoms with Gasteiger partial charge in [0.25, 0.3) is 0 Å². The minimum atomic E-state index is 0.705. The monoisotopic (exact) mass is 230 g/mol. The van der Waals surface area contributed by atoms with Gasteiger partial charge in [-0.3, -0.25) is 0 Å². The molecule has 2 aromatic rings. The molecule has 1 atom stereocenters. The van der Waals surface area contributed by atoms with Crippen LogP contribution in [0.4, 0.5) is 0 Å². The first kappa shape index (κ1) is 12.2. The Labute approximate surface area is 103 Å². The van der Waals surface area contributed by atoms with Gasteiger partial charge in [-0.05, 0) is 61.0 Å². The molecule has 0 radical (unpaired) electrons. The smallest absolute Gasteiger partial charge is 0.0454 e. The lowest BCUT2D eigenvalue weighted by atomic mass is 9.89. The van der Waals surface area contributed by atoms with Crippen LogP contribution in [0.3, 0.4) is 0 Å². The van der Waals surface area contributed by atoms with Crippen LogP contribution in [-0.4, -0.2) is 18.6 Å². The lowest BCUT2D eigenvalue weighted by molar-refractivity contribution is 0.370. The van der Waals surface area contributed by atoms with E-state index < -0.39 is 0 Å². The fourth-order valence-corrected chi connectivity index (χ4v) is 2.34. The highest BCUT2D eigenvalue weighted by Crippen LogP contribution is 2.20. The highest BCUT2D eigenvalue weighted by molar-refractivity contribution is 5.79. The molecule has 0 aliphatic heterocycles. The molecule has 2 nitrogen and oxygen atoms in total. The molecule has 0 saturated carbocycles. The van der Waals surface area contributed by atoms with Gasteiger partial charge in [0.15, 0.2) is 0 Å². The molecule has 92 valence electrons. The van der Waals surface area contributed by atoms with Gasteiger partial charge in [-0.1, -0.05) is 19.9 Å². The van der Waals surface area contributed by atoms with E-state index in [1.54, 1.807) is 0 Å². The molecule has 1 heterocycles. The number of rotatable bonds is 5. The molecule has 1 aromatic carbocycles. The molecule has 0 amide bonds. The number of hydrogen-bond donors (Lipinski definition) is 2. The van der Waals surface area contributed by atoms with Crippen LogP contribution in [0.2, 0.25) is 0 Å². The summed E-state index contributed by atoms with van der Waals surface area (Å²) in [5, 5.41) is 4.61. The Bertz CT molecular complexity index is 470. The predicted molar refractivity (Wildman–Crippen MR) is 74.3 cm³/mol. The molecule has 17 heavy (non-hydrogen) atoms. The second-order valence-electron chi connectivity index (χ2n) is 5.17. The van der Waals surface area contributed by atoms with Gasteiger partial charge >= 0.3 is 0 Å². The number of aromatic nitrogens is 1. The largest absolute Gasteiger partial charge is 0.361 e. The summed E-state index contributed by atoms with van der Waals surface area (Å²) in [7, 11) is 2.03. The van der Waals surface area contributed by atoms with Gasteiger partial charge in [0, 0.05) is 11.7 Å². The third-order valence-electron chi connectivity index (χ3n) is 3.52. The second kappa shape index (κ2) is 5.37. The molecule has 2 heteroatoms. The fraction of sp³-hybridized carbons (Fsp3) is 0.467. The topological polar surface area (TPSA) is 27.8 Å². The standard InChI is InChI=1S/C15H22N2/c1-11(2)14(10-16-3)9-12-4-5-15-13(8-12)6-7-17-15/h4-8,11,14,16-17H,9-10H2,1-3H3. The quantitative estimate of drug-likeness (QED) is 0.811. The van der Waals surface area contributed by atoms with Crippen LogP contribution in [0.25, 0.3) is 10.9 Å². The van der Waals surface area contributed by atoms with E-state index in [2.05, 4.69) is 48.4 Å². The van der Waals surface area contributed by atoms with Crippen LogP contribution in [0.5, 0.6) is 0 Å². The molecule has 2 rings (SSSR count). The molecule has 0 fully saturated rings. The van der Waals surface area contributed by atoms with Gasteiger partial charge in [-0.2, -0.15) is 0 Å². The van der Waals surface area contributed by atoms with Crippen molar-refractivity contribution < 1.29 is 0 Å². The van der Waals surface area contributed by atoms with Gasteiger partial charge < -0.3 is 10.3 Å². The maximum atomic E-state index is 3.30. The van der Waals surface area contributed by atoms with Gasteiger partial charge in [0.2, 0.25) is 0 Å². The minimum absolute atomic E-state index is 0.705. The number of benzene rings is 1. The first-order valence-electron chi connectivity index (χ1n) is 6.41. The Kier molecular flexibility index (Phi) is 3.85. The maximum absolute atomic E-state index is 3.30. The van der Waals surface area contributed by atoms with E-state index in [1.807, 2.05) is 13.2 Å². The van der Waals surface area contributed by atoms with Crippen LogP contribution in [-0.2, 0) is 6.42 Å². The summed E-state index contributed by atoms with van der Waals surface area (Å²) < 4.78 is 0. The van der Waals surface area contributed by atoms with Crippen LogP contribution in [0.1, 0.15) is 19.4 Å². The summed E-state index contributed by atoms with van der Waals surface area (Å²) in [5.74, 6) is 1.42. The van der Waals surface area contributed by atoms with E-state index in [9.17, 15) is 0 Å². The van der Waals surface area contributed by atoms with Crippen molar-refractivity contribution in [2.75, 3.05) is 13.6 Å². The zero-order valence-corrected chi connectivity index (χ0v) is 11.0. The SMILES string of the molecule is CNCC(Cc1ccc2[nH]ccc2c1)C(C)C. The molecular weight excluding hydrogens is 208 g/mol. The van der Waals surface area contributed by atoms with Crippen molar-refractivity contribution in [3.8, 4) is 0 Å². The van der Waals surface area contributed by atoms with E-state index in [0.29, 0.717) is 11.8 Å². The lowest BCUT2D eigenvalue weighted by Crippen LogP contribution is -2.25.